The van der Waals surface area contributed by atoms with Crippen molar-refractivity contribution in [2.24, 2.45) is 0 Å². The molecule has 0 radical (unpaired) electrons. The number of aryl methyl sites for hydroxylation is 1. The Bertz CT molecular complexity index is 340. The van der Waals surface area contributed by atoms with Gasteiger partial charge in [0.1, 0.15) is 0 Å². The molecule has 1 aromatic rings. The van der Waals surface area contributed by atoms with E-state index in [0.717, 1.165) is 6.54 Å². The molecule has 1 aromatic carbocycles. The van der Waals surface area contributed by atoms with E-state index in [1.54, 1.807) is 0 Å². The van der Waals surface area contributed by atoms with E-state index >= 15 is 0 Å². The third-order valence-electron chi connectivity index (χ3n) is 2.86. The van der Waals surface area contributed by atoms with Crippen molar-refractivity contribution in [3.05, 3.63) is 29.3 Å². The smallest absolute Gasteiger partial charge is 0.0511 e. The minimum atomic E-state index is 0.213. The van der Waals surface area contributed by atoms with E-state index in [9.17, 15) is 5.11 Å². The third-order valence-corrected chi connectivity index (χ3v) is 3.96. The molecule has 1 unspecified atom stereocenters. The molecule has 2 N–H and O–H groups in total. The Labute approximate surface area is 95.1 Å². The second-order valence-electron chi connectivity index (χ2n) is 3.90. The topological polar surface area (TPSA) is 32.3 Å². The van der Waals surface area contributed by atoms with E-state index in [4.69, 9.17) is 0 Å². The van der Waals surface area contributed by atoms with Crippen molar-refractivity contribution in [2.75, 3.05) is 26.0 Å². The van der Waals surface area contributed by atoms with Crippen LogP contribution in [-0.2, 0) is 6.42 Å². The lowest BCUT2D eigenvalue weighted by molar-refractivity contribution is 0.263. The van der Waals surface area contributed by atoms with Gasteiger partial charge in [-0.25, -0.2) is 0 Å². The highest BCUT2D eigenvalue weighted by atomic mass is 32.2. The van der Waals surface area contributed by atoms with Crippen LogP contribution in [0, 0.1) is 0 Å². The molecule has 0 fully saturated rings. The van der Waals surface area contributed by atoms with Crippen LogP contribution < -0.4 is 5.32 Å². The first-order valence-electron chi connectivity index (χ1n) is 5.36. The zero-order chi connectivity index (χ0) is 10.7. The van der Waals surface area contributed by atoms with Crippen molar-refractivity contribution in [1.29, 1.82) is 0 Å². The largest absolute Gasteiger partial charge is 0.396 e. The molecule has 2 rings (SSSR count). The van der Waals surface area contributed by atoms with Gasteiger partial charge in [0.15, 0.2) is 0 Å². The highest BCUT2D eigenvalue weighted by Gasteiger charge is 2.15. The van der Waals surface area contributed by atoms with Crippen LogP contribution in [0.2, 0.25) is 0 Å². The summed E-state index contributed by atoms with van der Waals surface area (Å²) < 4.78 is 0. The summed E-state index contributed by atoms with van der Waals surface area (Å²) in [6.45, 7) is 1.05. The zero-order valence-electron chi connectivity index (χ0n) is 8.99. The van der Waals surface area contributed by atoms with Gasteiger partial charge in [0.2, 0.25) is 0 Å². The monoisotopic (exact) mass is 223 g/mol. The highest BCUT2D eigenvalue weighted by Crippen LogP contribution is 2.33. The summed E-state index contributed by atoms with van der Waals surface area (Å²) in [6, 6.07) is 6.61. The van der Waals surface area contributed by atoms with Crippen LogP contribution in [0.4, 0.5) is 0 Å². The maximum Gasteiger partial charge on any atom is 0.0511 e. The van der Waals surface area contributed by atoms with Gasteiger partial charge in [-0.3, -0.25) is 0 Å². The fourth-order valence-corrected chi connectivity index (χ4v) is 3.09. The number of aliphatic hydroxyl groups excluding tert-OH is 1. The van der Waals surface area contributed by atoms with E-state index in [-0.39, 0.29) is 12.5 Å². The van der Waals surface area contributed by atoms with Crippen molar-refractivity contribution >= 4 is 11.8 Å². The van der Waals surface area contributed by atoms with Crippen molar-refractivity contribution < 1.29 is 5.11 Å². The van der Waals surface area contributed by atoms with Gasteiger partial charge in [0, 0.05) is 23.1 Å². The lowest BCUT2D eigenvalue weighted by Gasteiger charge is -2.15. The van der Waals surface area contributed by atoms with Gasteiger partial charge in [-0.15, -0.1) is 11.8 Å². The quantitative estimate of drug-likeness (QED) is 0.814. The summed E-state index contributed by atoms with van der Waals surface area (Å²) in [5, 5.41) is 12.4. The molecule has 0 aliphatic carbocycles. The molecule has 3 heteroatoms. The Morgan fingerprint density at radius 1 is 1.53 bits per heavy atom. The number of hydrogen-bond acceptors (Lipinski definition) is 3. The summed E-state index contributed by atoms with van der Waals surface area (Å²) in [4.78, 5) is 1.40. The van der Waals surface area contributed by atoms with Crippen molar-refractivity contribution in [2.45, 2.75) is 17.2 Å². The standard InChI is InChI=1S/C12H17NOS/c1-13-7-11(8-14)10-3-2-9-4-5-15-12(9)6-10/h2-3,6,11,13-14H,4-5,7-8H2,1H3. The average molecular weight is 223 g/mol. The van der Waals surface area contributed by atoms with Gasteiger partial charge in [-0.1, -0.05) is 12.1 Å². The first kappa shape index (κ1) is 11.0. The molecule has 1 aliphatic rings. The van der Waals surface area contributed by atoms with Crippen LogP contribution in [0.1, 0.15) is 17.0 Å². The Balaban J connectivity index is 2.20. The Morgan fingerprint density at radius 3 is 3.13 bits per heavy atom. The van der Waals surface area contributed by atoms with Gasteiger partial charge in [0.05, 0.1) is 6.61 Å². The van der Waals surface area contributed by atoms with Gasteiger partial charge in [0.25, 0.3) is 0 Å². The van der Waals surface area contributed by atoms with Crippen LogP contribution in [0.5, 0.6) is 0 Å². The van der Waals surface area contributed by atoms with Crippen molar-refractivity contribution in [3.63, 3.8) is 0 Å². The van der Waals surface area contributed by atoms with E-state index in [0.29, 0.717) is 0 Å². The van der Waals surface area contributed by atoms with E-state index in [1.165, 1.54) is 28.2 Å². The summed E-state index contributed by atoms with van der Waals surface area (Å²) in [6.07, 6.45) is 1.19. The summed E-state index contributed by atoms with van der Waals surface area (Å²) >= 11 is 1.93. The Hall–Kier alpha value is -0.510. The third kappa shape index (κ3) is 2.36. The van der Waals surface area contributed by atoms with Gasteiger partial charge >= 0.3 is 0 Å². The molecular formula is C12H17NOS. The normalized spacial score (nSPS) is 16.4. The molecule has 0 saturated carbocycles. The number of fused-ring (bicyclic) bond motifs is 1. The van der Waals surface area contributed by atoms with Crippen LogP contribution in [0.15, 0.2) is 23.1 Å². The molecule has 0 spiro atoms. The number of aliphatic hydroxyl groups is 1. The number of hydrogen-bond donors (Lipinski definition) is 2. The Morgan fingerprint density at radius 2 is 2.40 bits per heavy atom. The predicted molar refractivity (Wildman–Crippen MR) is 64.6 cm³/mol. The van der Waals surface area contributed by atoms with Gasteiger partial charge < -0.3 is 10.4 Å². The molecular weight excluding hydrogens is 206 g/mol. The second kappa shape index (κ2) is 5.01. The molecule has 1 aliphatic heterocycles. The maximum absolute atomic E-state index is 9.31. The van der Waals surface area contributed by atoms with Gasteiger partial charge in [-0.05, 0) is 30.7 Å². The van der Waals surface area contributed by atoms with Crippen molar-refractivity contribution in [1.82, 2.24) is 5.32 Å². The first-order chi connectivity index (χ1) is 7.35. The van der Waals surface area contributed by atoms with Crippen LogP contribution in [-0.4, -0.2) is 31.1 Å². The molecule has 0 amide bonds. The highest BCUT2D eigenvalue weighted by molar-refractivity contribution is 7.99. The van der Waals surface area contributed by atoms with Crippen LogP contribution >= 0.6 is 11.8 Å². The number of rotatable bonds is 4. The fourth-order valence-electron chi connectivity index (χ4n) is 1.97. The van der Waals surface area contributed by atoms with Crippen LogP contribution in [0.3, 0.4) is 0 Å². The lowest BCUT2D eigenvalue weighted by Crippen LogP contribution is -2.20. The molecule has 2 nitrogen and oxygen atoms in total. The van der Waals surface area contributed by atoms with E-state index in [2.05, 4.69) is 23.5 Å². The second-order valence-corrected chi connectivity index (χ2v) is 5.04. The number of likely N-dealkylation sites (N-methyl/N-ethyl adjacent to an activating group) is 1. The molecule has 0 saturated heterocycles. The zero-order valence-corrected chi connectivity index (χ0v) is 9.81. The van der Waals surface area contributed by atoms with Crippen molar-refractivity contribution in [3.8, 4) is 0 Å². The maximum atomic E-state index is 9.31. The summed E-state index contributed by atoms with van der Waals surface area (Å²) in [5.41, 5.74) is 2.71. The summed E-state index contributed by atoms with van der Waals surface area (Å²) in [5.74, 6) is 1.43. The van der Waals surface area contributed by atoms with E-state index < -0.39 is 0 Å². The Kier molecular flexibility index (Phi) is 3.67. The van der Waals surface area contributed by atoms with Gasteiger partial charge in [-0.2, -0.15) is 0 Å². The molecule has 15 heavy (non-hydrogen) atoms. The molecule has 82 valence electrons. The first-order valence-corrected chi connectivity index (χ1v) is 6.34. The molecule has 1 atom stereocenters. The SMILES string of the molecule is CNCC(CO)c1ccc2c(c1)SCC2. The molecule has 0 aromatic heterocycles. The minimum Gasteiger partial charge on any atom is -0.396 e. The lowest BCUT2D eigenvalue weighted by atomic mass is 9.98. The number of thioether (sulfide) groups is 1. The summed E-state index contributed by atoms with van der Waals surface area (Å²) in [7, 11) is 1.92. The molecule has 1 heterocycles. The minimum absolute atomic E-state index is 0.213. The number of benzene rings is 1. The van der Waals surface area contributed by atoms with E-state index in [1.807, 2.05) is 18.8 Å². The van der Waals surface area contributed by atoms with Crippen LogP contribution in [0.25, 0.3) is 0 Å². The molecule has 0 bridgehead atoms. The fraction of sp³-hybridized carbons (Fsp3) is 0.500. The number of nitrogens with one attached hydrogen (secondary N) is 1. The predicted octanol–water partition coefficient (Wildman–Crippen LogP) is 1.63. The average Bonchev–Trinajstić information content (AvgIpc) is 2.72.